The van der Waals surface area contributed by atoms with Gasteiger partial charge in [-0.2, -0.15) is 4.98 Å². The lowest BCUT2D eigenvalue weighted by atomic mass is 10.2. The molecule has 100 valence electrons. The van der Waals surface area contributed by atoms with Gasteiger partial charge in [-0.15, -0.1) is 0 Å². The Labute approximate surface area is 118 Å². The Kier molecular flexibility index (Phi) is 3.12. The molecule has 0 aliphatic carbocycles. The molecule has 0 fully saturated rings. The van der Waals surface area contributed by atoms with Crippen LogP contribution in [0, 0.1) is 5.82 Å². The van der Waals surface area contributed by atoms with Crippen LogP contribution in [0.15, 0.2) is 47.0 Å². The fourth-order valence-corrected chi connectivity index (χ4v) is 1.95. The van der Waals surface area contributed by atoms with Gasteiger partial charge in [0.25, 0.3) is 5.89 Å². The predicted molar refractivity (Wildman–Crippen MR) is 71.8 cm³/mol. The summed E-state index contributed by atoms with van der Waals surface area (Å²) in [4.78, 5) is 4.15. The van der Waals surface area contributed by atoms with Crippen molar-refractivity contribution in [1.82, 2.24) is 10.1 Å². The van der Waals surface area contributed by atoms with E-state index >= 15 is 0 Å². The molecule has 0 radical (unpaired) electrons. The Bertz CT molecular complexity index is 773. The number of nitrogens with zero attached hydrogens (tertiary/aromatic N) is 2. The molecule has 0 aliphatic rings. The molecule has 1 heterocycles. The second kappa shape index (κ2) is 4.94. The van der Waals surface area contributed by atoms with E-state index in [4.69, 9.17) is 16.1 Å². The number of hydrogen-bond acceptors (Lipinski definition) is 4. The molecular formula is C14H8ClFN2O2. The summed E-state index contributed by atoms with van der Waals surface area (Å²) < 4.78 is 18.3. The molecule has 6 heteroatoms. The SMILES string of the molecule is Oc1ccc(Cl)c(-c2nc(-c3cccc(F)c3)no2)c1. The largest absolute Gasteiger partial charge is 0.508 e. The maximum atomic E-state index is 13.2. The minimum absolute atomic E-state index is 0.0369. The molecule has 0 saturated carbocycles. The number of phenols is 1. The summed E-state index contributed by atoms with van der Waals surface area (Å²) in [5, 5.41) is 13.6. The minimum Gasteiger partial charge on any atom is -0.508 e. The van der Waals surface area contributed by atoms with E-state index in [1.807, 2.05) is 0 Å². The van der Waals surface area contributed by atoms with Crippen molar-refractivity contribution >= 4 is 11.6 Å². The van der Waals surface area contributed by atoms with Crippen molar-refractivity contribution in [2.24, 2.45) is 0 Å². The van der Waals surface area contributed by atoms with E-state index in [1.54, 1.807) is 12.1 Å². The molecule has 0 aliphatic heterocycles. The lowest BCUT2D eigenvalue weighted by Gasteiger charge is -1.98. The summed E-state index contributed by atoms with van der Waals surface area (Å²) in [7, 11) is 0. The van der Waals surface area contributed by atoms with Crippen molar-refractivity contribution in [1.29, 1.82) is 0 Å². The number of aromatic nitrogens is 2. The minimum atomic E-state index is -0.385. The first kappa shape index (κ1) is 12.6. The van der Waals surface area contributed by atoms with Crippen LogP contribution in [0.4, 0.5) is 4.39 Å². The Hall–Kier alpha value is -2.40. The van der Waals surface area contributed by atoms with Gasteiger partial charge in [0, 0.05) is 5.56 Å². The number of benzene rings is 2. The molecule has 4 nitrogen and oxygen atoms in total. The molecule has 0 saturated heterocycles. The van der Waals surface area contributed by atoms with Gasteiger partial charge in [0.2, 0.25) is 5.82 Å². The normalized spacial score (nSPS) is 10.7. The summed E-state index contributed by atoms with van der Waals surface area (Å²) in [6.07, 6.45) is 0. The maximum Gasteiger partial charge on any atom is 0.259 e. The van der Waals surface area contributed by atoms with Crippen molar-refractivity contribution < 1.29 is 14.0 Å². The van der Waals surface area contributed by atoms with Gasteiger partial charge >= 0.3 is 0 Å². The first-order valence-electron chi connectivity index (χ1n) is 5.72. The zero-order chi connectivity index (χ0) is 14.1. The highest BCUT2D eigenvalue weighted by molar-refractivity contribution is 6.33. The quantitative estimate of drug-likeness (QED) is 0.777. The van der Waals surface area contributed by atoms with Crippen molar-refractivity contribution in [3.8, 4) is 28.6 Å². The van der Waals surface area contributed by atoms with Crippen LogP contribution < -0.4 is 0 Å². The topological polar surface area (TPSA) is 59.2 Å². The van der Waals surface area contributed by atoms with E-state index in [-0.39, 0.29) is 23.3 Å². The number of phenolic OH excluding ortho intramolecular Hbond substituents is 1. The average molecular weight is 291 g/mol. The third kappa shape index (κ3) is 2.35. The van der Waals surface area contributed by atoms with Crippen molar-refractivity contribution in [2.75, 3.05) is 0 Å². The average Bonchev–Trinajstić information content (AvgIpc) is 2.91. The second-order valence-corrected chi connectivity index (χ2v) is 4.50. The van der Waals surface area contributed by atoms with Gasteiger partial charge in [-0.3, -0.25) is 0 Å². The van der Waals surface area contributed by atoms with Crippen LogP contribution in [-0.4, -0.2) is 15.2 Å². The summed E-state index contributed by atoms with van der Waals surface area (Å²) in [5.41, 5.74) is 0.915. The van der Waals surface area contributed by atoms with Gasteiger partial charge in [0.15, 0.2) is 0 Å². The van der Waals surface area contributed by atoms with Gasteiger partial charge in [0.05, 0.1) is 10.6 Å². The highest BCUT2D eigenvalue weighted by Crippen LogP contribution is 2.31. The Morgan fingerprint density at radius 3 is 2.80 bits per heavy atom. The number of hydrogen-bond donors (Lipinski definition) is 1. The van der Waals surface area contributed by atoms with Gasteiger partial charge in [0.1, 0.15) is 11.6 Å². The third-order valence-electron chi connectivity index (χ3n) is 2.69. The van der Waals surface area contributed by atoms with Crippen molar-refractivity contribution in [2.45, 2.75) is 0 Å². The van der Waals surface area contributed by atoms with Gasteiger partial charge in [-0.25, -0.2) is 4.39 Å². The van der Waals surface area contributed by atoms with E-state index in [0.29, 0.717) is 16.1 Å². The maximum absolute atomic E-state index is 13.2. The summed E-state index contributed by atoms with van der Waals surface area (Å²) in [6, 6.07) is 10.3. The van der Waals surface area contributed by atoms with E-state index < -0.39 is 0 Å². The third-order valence-corrected chi connectivity index (χ3v) is 3.02. The van der Waals surface area contributed by atoms with E-state index in [1.165, 1.54) is 30.3 Å². The zero-order valence-electron chi connectivity index (χ0n) is 10.0. The van der Waals surface area contributed by atoms with Crippen LogP contribution in [0.3, 0.4) is 0 Å². The van der Waals surface area contributed by atoms with Gasteiger partial charge in [-0.1, -0.05) is 28.9 Å². The van der Waals surface area contributed by atoms with Crippen molar-refractivity contribution in [3.05, 3.63) is 53.3 Å². The van der Waals surface area contributed by atoms with Gasteiger partial charge in [-0.05, 0) is 30.3 Å². The van der Waals surface area contributed by atoms with Crippen LogP contribution in [0.2, 0.25) is 5.02 Å². The number of rotatable bonds is 2. The van der Waals surface area contributed by atoms with Crippen molar-refractivity contribution in [3.63, 3.8) is 0 Å². The fraction of sp³-hybridized carbons (Fsp3) is 0. The monoisotopic (exact) mass is 290 g/mol. The Morgan fingerprint density at radius 1 is 1.15 bits per heavy atom. The highest BCUT2D eigenvalue weighted by Gasteiger charge is 2.14. The molecule has 3 rings (SSSR count). The smallest absolute Gasteiger partial charge is 0.259 e. The molecule has 1 aromatic heterocycles. The van der Waals surface area contributed by atoms with E-state index in [9.17, 15) is 9.50 Å². The number of halogens is 2. The van der Waals surface area contributed by atoms with Crippen LogP contribution in [-0.2, 0) is 0 Å². The molecule has 20 heavy (non-hydrogen) atoms. The van der Waals surface area contributed by atoms with E-state index in [2.05, 4.69) is 10.1 Å². The molecule has 2 aromatic carbocycles. The first-order chi connectivity index (χ1) is 9.63. The molecule has 0 unspecified atom stereocenters. The van der Waals surface area contributed by atoms with Crippen LogP contribution in [0.1, 0.15) is 0 Å². The standard InChI is InChI=1S/C14H8ClFN2O2/c15-12-5-4-10(19)7-11(12)14-17-13(18-20-14)8-2-1-3-9(16)6-8/h1-7,19H. The molecular weight excluding hydrogens is 283 g/mol. The van der Waals surface area contributed by atoms with Crippen LogP contribution in [0.5, 0.6) is 5.75 Å². The fourth-order valence-electron chi connectivity index (χ4n) is 1.75. The Balaban J connectivity index is 2.04. The molecule has 0 spiro atoms. The van der Waals surface area contributed by atoms with E-state index in [0.717, 1.165) is 0 Å². The van der Waals surface area contributed by atoms with Crippen LogP contribution in [0.25, 0.3) is 22.8 Å². The lowest BCUT2D eigenvalue weighted by Crippen LogP contribution is -1.83. The molecule has 0 amide bonds. The highest BCUT2D eigenvalue weighted by atomic mass is 35.5. The zero-order valence-corrected chi connectivity index (χ0v) is 10.8. The molecule has 3 aromatic rings. The van der Waals surface area contributed by atoms with Gasteiger partial charge < -0.3 is 9.63 Å². The number of aromatic hydroxyl groups is 1. The second-order valence-electron chi connectivity index (χ2n) is 4.10. The lowest BCUT2D eigenvalue weighted by molar-refractivity contribution is 0.431. The van der Waals surface area contributed by atoms with Crippen LogP contribution >= 0.6 is 11.6 Å². The summed E-state index contributed by atoms with van der Waals surface area (Å²) in [6.45, 7) is 0. The summed E-state index contributed by atoms with van der Waals surface area (Å²) in [5.74, 6) is 0.0585. The molecule has 0 atom stereocenters. The molecule has 1 N–H and O–H groups in total. The predicted octanol–water partition coefficient (Wildman–Crippen LogP) is 3.90. The Morgan fingerprint density at radius 2 is 2.00 bits per heavy atom. The first-order valence-corrected chi connectivity index (χ1v) is 6.10. The summed E-state index contributed by atoms with van der Waals surface area (Å²) >= 11 is 6.01. The molecule has 0 bridgehead atoms.